The van der Waals surface area contributed by atoms with E-state index in [1.54, 1.807) is 12.4 Å². The summed E-state index contributed by atoms with van der Waals surface area (Å²) < 4.78 is 0. The molecule has 6 rings (SSSR count). The van der Waals surface area contributed by atoms with Gasteiger partial charge in [0.15, 0.2) is 0 Å². The number of hydrogen-bond acceptors (Lipinski definition) is 10. The second kappa shape index (κ2) is 9.25. The van der Waals surface area contributed by atoms with Crippen molar-refractivity contribution in [1.82, 2.24) is 9.97 Å². The average Bonchev–Trinajstić information content (AvgIpc) is 3.58. The van der Waals surface area contributed by atoms with Crippen LogP contribution in [0.15, 0.2) is 106 Å². The summed E-state index contributed by atoms with van der Waals surface area (Å²) in [6.45, 7) is 0. The van der Waals surface area contributed by atoms with Gasteiger partial charge in [-0.1, -0.05) is 71.2 Å². The van der Waals surface area contributed by atoms with Crippen molar-refractivity contribution >= 4 is 77.2 Å². The lowest BCUT2D eigenvalue weighted by Crippen LogP contribution is -1.86. The van der Waals surface area contributed by atoms with Crippen LogP contribution >= 0.6 is 22.7 Å². The second-order valence-corrected chi connectivity index (χ2v) is 9.87. The van der Waals surface area contributed by atoms with Gasteiger partial charge in [0.1, 0.15) is 0 Å². The normalized spacial score (nSPS) is 11.9. The first-order valence-corrected chi connectivity index (χ1v) is 12.6. The van der Waals surface area contributed by atoms with E-state index in [1.165, 1.54) is 22.7 Å². The number of anilines is 2. The van der Waals surface area contributed by atoms with E-state index in [1.807, 2.05) is 72.8 Å². The molecule has 10 heteroatoms. The van der Waals surface area contributed by atoms with Crippen molar-refractivity contribution in [2.45, 2.75) is 0 Å². The summed E-state index contributed by atoms with van der Waals surface area (Å²) in [5, 5.41) is 22.4. The lowest BCUT2D eigenvalue weighted by atomic mass is 10.1. The Morgan fingerprint density at radius 1 is 0.500 bits per heavy atom. The molecule has 174 valence electrons. The molecular formula is C26H18N8S2. The molecule has 0 atom stereocenters. The van der Waals surface area contributed by atoms with E-state index in [0.29, 0.717) is 21.6 Å². The number of azo groups is 2. The molecule has 0 saturated heterocycles. The Kier molecular flexibility index (Phi) is 5.64. The van der Waals surface area contributed by atoms with Crippen LogP contribution < -0.4 is 11.5 Å². The van der Waals surface area contributed by atoms with Crippen LogP contribution in [0.1, 0.15) is 0 Å². The van der Waals surface area contributed by atoms with E-state index in [0.717, 1.165) is 42.7 Å². The van der Waals surface area contributed by atoms with Gasteiger partial charge in [-0.25, -0.2) is 9.97 Å². The highest BCUT2D eigenvalue weighted by Crippen LogP contribution is 2.38. The zero-order valence-corrected chi connectivity index (χ0v) is 20.4. The van der Waals surface area contributed by atoms with E-state index >= 15 is 0 Å². The fraction of sp³-hybridized carbons (Fsp3) is 0. The van der Waals surface area contributed by atoms with Gasteiger partial charge < -0.3 is 11.5 Å². The molecule has 0 spiro atoms. The molecule has 0 bridgehead atoms. The molecule has 0 aliphatic carbocycles. The number of aromatic nitrogens is 2. The first kappa shape index (κ1) is 22.0. The van der Waals surface area contributed by atoms with Crippen LogP contribution in [0.4, 0.5) is 33.0 Å². The van der Waals surface area contributed by atoms with E-state index in [-0.39, 0.29) is 0 Å². The minimum Gasteiger partial charge on any atom is -0.398 e. The van der Waals surface area contributed by atoms with Crippen LogP contribution in [-0.4, -0.2) is 9.97 Å². The van der Waals surface area contributed by atoms with Gasteiger partial charge in [0, 0.05) is 45.3 Å². The molecule has 2 heterocycles. The zero-order chi connectivity index (χ0) is 24.5. The predicted molar refractivity (Wildman–Crippen MR) is 148 cm³/mol. The topological polar surface area (TPSA) is 127 Å². The summed E-state index contributed by atoms with van der Waals surface area (Å²) in [7, 11) is 0. The largest absolute Gasteiger partial charge is 0.398 e. The van der Waals surface area contributed by atoms with Gasteiger partial charge in [-0.15, -0.1) is 20.5 Å². The number of thiazole rings is 2. The zero-order valence-electron chi connectivity index (χ0n) is 18.7. The third-order valence-corrected chi connectivity index (χ3v) is 7.54. The first-order valence-electron chi connectivity index (χ1n) is 11.0. The molecule has 0 radical (unpaired) electrons. The summed E-state index contributed by atoms with van der Waals surface area (Å²) in [5.74, 6) is 0. The predicted octanol–water partition coefficient (Wildman–Crippen LogP) is 8.57. The van der Waals surface area contributed by atoms with Crippen LogP contribution in [0.5, 0.6) is 0 Å². The van der Waals surface area contributed by atoms with Gasteiger partial charge in [0.25, 0.3) is 0 Å². The number of benzene rings is 4. The minimum atomic E-state index is 0.552. The van der Waals surface area contributed by atoms with Crippen LogP contribution in [-0.2, 0) is 0 Å². The molecule has 8 nitrogen and oxygen atoms in total. The van der Waals surface area contributed by atoms with E-state index in [9.17, 15) is 0 Å². The second-order valence-electron chi connectivity index (χ2n) is 7.85. The Morgan fingerprint density at radius 3 is 1.36 bits per heavy atom. The maximum absolute atomic E-state index is 6.08. The number of fused-ring (bicyclic) bond motifs is 2. The summed E-state index contributed by atoms with van der Waals surface area (Å²) in [6.07, 6.45) is 3.53. The number of nitrogen functional groups attached to an aromatic ring is 2. The first-order chi connectivity index (χ1) is 17.7. The molecule has 4 N–H and O–H groups in total. The molecule has 0 unspecified atom stereocenters. The Labute approximate surface area is 213 Å². The van der Waals surface area contributed by atoms with Crippen molar-refractivity contribution in [2.75, 3.05) is 11.5 Å². The minimum absolute atomic E-state index is 0.552. The summed E-state index contributed by atoms with van der Waals surface area (Å²) in [5.41, 5.74) is 15.1. The van der Waals surface area contributed by atoms with Gasteiger partial charge in [0.2, 0.25) is 10.3 Å². The Bertz CT molecular complexity index is 1650. The molecule has 0 amide bonds. The summed E-state index contributed by atoms with van der Waals surface area (Å²) in [6, 6.07) is 23.1. The Balaban J connectivity index is 1.22. The number of nitrogens with zero attached hydrogens (tertiary/aromatic N) is 6. The third kappa shape index (κ3) is 4.19. The van der Waals surface area contributed by atoms with Crippen LogP contribution in [0.3, 0.4) is 0 Å². The number of rotatable bonds is 5. The number of hydrogen-bond donors (Lipinski definition) is 2. The van der Waals surface area contributed by atoms with E-state index in [4.69, 9.17) is 11.5 Å². The Hall–Kier alpha value is -4.54. The average molecular weight is 507 g/mol. The smallest absolute Gasteiger partial charge is 0.230 e. The van der Waals surface area contributed by atoms with Crippen LogP contribution in [0.2, 0.25) is 0 Å². The fourth-order valence-corrected chi connectivity index (χ4v) is 5.37. The lowest BCUT2D eigenvalue weighted by molar-refractivity contribution is 1.20. The van der Waals surface area contributed by atoms with Gasteiger partial charge in [-0.2, -0.15) is 0 Å². The monoisotopic (exact) mass is 506 g/mol. The molecule has 0 aliphatic rings. The molecular weight excluding hydrogens is 488 g/mol. The highest BCUT2D eigenvalue weighted by molar-refractivity contribution is 7.25. The number of nitrogens with two attached hydrogens (primary N) is 2. The van der Waals surface area contributed by atoms with Gasteiger partial charge in [0.05, 0.1) is 21.1 Å². The molecule has 4 aromatic carbocycles. The third-order valence-electron chi connectivity index (χ3n) is 5.59. The quantitative estimate of drug-likeness (QED) is 0.179. The molecule has 0 fully saturated rings. The van der Waals surface area contributed by atoms with Crippen molar-refractivity contribution in [2.24, 2.45) is 20.5 Å². The van der Waals surface area contributed by atoms with Crippen molar-refractivity contribution in [1.29, 1.82) is 0 Å². The fourth-order valence-electron chi connectivity index (χ4n) is 3.83. The molecule has 0 aliphatic heterocycles. The maximum atomic E-state index is 6.08. The van der Waals surface area contributed by atoms with Crippen molar-refractivity contribution in [3.05, 3.63) is 85.2 Å². The maximum Gasteiger partial charge on any atom is 0.230 e. The van der Waals surface area contributed by atoms with Gasteiger partial charge in [-0.05, 0) is 24.3 Å². The SMILES string of the molecule is Nc1ccc(/N=N/c2ncc(-c3cnc(/N=N/c4ccc(N)c5ccccc45)s3)s2)c2ccccc12. The van der Waals surface area contributed by atoms with Crippen molar-refractivity contribution < 1.29 is 0 Å². The molecule has 2 aromatic heterocycles. The van der Waals surface area contributed by atoms with E-state index in [2.05, 4.69) is 30.4 Å². The summed E-state index contributed by atoms with van der Waals surface area (Å²) >= 11 is 2.87. The molecule has 36 heavy (non-hydrogen) atoms. The van der Waals surface area contributed by atoms with Crippen LogP contribution in [0, 0.1) is 0 Å². The lowest BCUT2D eigenvalue weighted by Gasteiger charge is -2.03. The highest BCUT2D eigenvalue weighted by atomic mass is 32.1. The molecule has 0 saturated carbocycles. The van der Waals surface area contributed by atoms with Gasteiger partial charge in [-0.3, -0.25) is 0 Å². The van der Waals surface area contributed by atoms with Gasteiger partial charge >= 0.3 is 0 Å². The highest BCUT2D eigenvalue weighted by Gasteiger charge is 2.10. The summed E-state index contributed by atoms with van der Waals surface area (Å²) in [4.78, 5) is 10.7. The van der Waals surface area contributed by atoms with Crippen molar-refractivity contribution in [3.8, 4) is 9.75 Å². The standard InChI is InChI=1S/C26H18N8S2/c27-19-9-11-21(17-7-3-1-5-15(17)19)31-33-25-29-13-23(35-25)24-14-30-26(36-24)34-32-22-12-10-20(28)16-6-2-4-8-18(16)22/h1-14H,27-28H2/b33-31+,34-32+. The Morgan fingerprint density at radius 2 is 0.917 bits per heavy atom. The van der Waals surface area contributed by atoms with E-state index < -0.39 is 0 Å². The molecule has 6 aromatic rings. The van der Waals surface area contributed by atoms with Crippen LogP contribution in [0.25, 0.3) is 31.3 Å². The van der Waals surface area contributed by atoms with Crippen molar-refractivity contribution in [3.63, 3.8) is 0 Å².